The van der Waals surface area contributed by atoms with Crippen molar-refractivity contribution in [1.29, 1.82) is 0 Å². The Labute approximate surface area is 162 Å². The van der Waals surface area contributed by atoms with Crippen LogP contribution in [0.5, 0.6) is 0 Å². The van der Waals surface area contributed by atoms with E-state index in [1.165, 1.54) is 0 Å². The highest BCUT2D eigenvalue weighted by molar-refractivity contribution is 6.35. The number of hydrogen-bond donors (Lipinski definition) is 1. The first-order chi connectivity index (χ1) is 12.5. The Morgan fingerprint density at radius 3 is 2.31 bits per heavy atom. The molecule has 0 aliphatic rings. The summed E-state index contributed by atoms with van der Waals surface area (Å²) in [5.74, 6) is -0.966. The van der Waals surface area contributed by atoms with Gasteiger partial charge in [0.05, 0.1) is 16.8 Å². The molecule has 0 saturated heterocycles. The van der Waals surface area contributed by atoms with Crippen LogP contribution < -0.4 is 4.90 Å². The molecule has 6 heteroatoms. The lowest BCUT2D eigenvalue weighted by Gasteiger charge is -2.24. The first kappa shape index (κ1) is 18.5. The number of anilines is 1. The molecular weight excluding hydrogens is 371 g/mol. The van der Waals surface area contributed by atoms with Crippen LogP contribution in [0.2, 0.25) is 10.0 Å². The Hall–Kier alpha value is -2.30. The number of carboxylic acid groups (broad SMARTS) is 1. The molecule has 0 aliphatic heterocycles. The van der Waals surface area contributed by atoms with Crippen molar-refractivity contribution in [3.63, 3.8) is 0 Å². The van der Waals surface area contributed by atoms with Crippen LogP contribution in [0.25, 0.3) is 22.0 Å². The maximum Gasteiger partial charge on any atom is 0.337 e. The predicted molar refractivity (Wildman–Crippen MR) is 108 cm³/mol. The SMILES string of the molecule is CCN(CC)c1c(C(=O)O)ccc2c(-c3cc(Cl)cc(Cl)c3)ccnc12. The molecule has 26 heavy (non-hydrogen) atoms. The van der Waals surface area contributed by atoms with E-state index in [9.17, 15) is 9.90 Å². The number of nitrogens with zero attached hydrogens (tertiary/aromatic N) is 2. The third-order valence-corrected chi connectivity index (χ3v) is 4.81. The molecule has 1 N–H and O–H groups in total. The molecule has 0 aliphatic carbocycles. The van der Waals surface area contributed by atoms with Crippen molar-refractivity contribution in [3.05, 3.63) is 58.2 Å². The van der Waals surface area contributed by atoms with Crippen LogP contribution in [-0.2, 0) is 0 Å². The second-order valence-electron chi connectivity index (χ2n) is 5.85. The minimum Gasteiger partial charge on any atom is -0.478 e. The molecule has 0 atom stereocenters. The molecule has 1 aromatic heterocycles. The van der Waals surface area contributed by atoms with E-state index in [4.69, 9.17) is 23.2 Å². The first-order valence-electron chi connectivity index (χ1n) is 8.32. The zero-order valence-electron chi connectivity index (χ0n) is 14.5. The van der Waals surface area contributed by atoms with Crippen LogP contribution in [0.1, 0.15) is 24.2 Å². The van der Waals surface area contributed by atoms with Gasteiger partial charge in [0.15, 0.2) is 0 Å². The average molecular weight is 389 g/mol. The molecule has 0 spiro atoms. The van der Waals surface area contributed by atoms with Gasteiger partial charge in [-0.3, -0.25) is 4.98 Å². The summed E-state index contributed by atoms with van der Waals surface area (Å²) in [7, 11) is 0. The zero-order valence-corrected chi connectivity index (χ0v) is 16.0. The highest BCUT2D eigenvalue weighted by atomic mass is 35.5. The van der Waals surface area contributed by atoms with Crippen LogP contribution in [0.15, 0.2) is 42.6 Å². The Morgan fingerprint density at radius 1 is 1.08 bits per heavy atom. The molecule has 3 rings (SSSR count). The van der Waals surface area contributed by atoms with Gasteiger partial charge in [-0.2, -0.15) is 0 Å². The van der Waals surface area contributed by atoms with Crippen LogP contribution in [0.4, 0.5) is 5.69 Å². The molecule has 0 unspecified atom stereocenters. The van der Waals surface area contributed by atoms with Crippen LogP contribution in [0, 0.1) is 0 Å². The van der Waals surface area contributed by atoms with E-state index in [1.54, 1.807) is 24.4 Å². The number of pyridine rings is 1. The molecular formula is C20H18Cl2N2O2. The lowest BCUT2D eigenvalue weighted by Crippen LogP contribution is -2.24. The van der Waals surface area contributed by atoms with Crippen LogP contribution in [0.3, 0.4) is 0 Å². The topological polar surface area (TPSA) is 53.4 Å². The van der Waals surface area contributed by atoms with Gasteiger partial charge in [0, 0.05) is 34.7 Å². The molecule has 2 aromatic carbocycles. The summed E-state index contributed by atoms with van der Waals surface area (Å²) in [6, 6.07) is 10.7. The average Bonchev–Trinajstić information content (AvgIpc) is 2.61. The van der Waals surface area contributed by atoms with Crippen molar-refractivity contribution in [1.82, 2.24) is 4.98 Å². The predicted octanol–water partition coefficient (Wildman–Crippen LogP) is 5.75. The van der Waals surface area contributed by atoms with Gasteiger partial charge in [0.2, 0.25) is 0 Å². The van der Waals surface area contributed by atoms with E-state index in [-0.39, 0.29) is 5.56 Å². The summed E-state index contributed by atoms with van der Waals surface area (Å²) < 4.78 is 0. The summed E-state index contributed by atoms with van der Waals surface area (Å²) >= 11 is 12.3. The fourth-order valence-electron chi connectivity index (χ4n) is 3.20. The summed E-state index contributed by atoms with van der Waals surface area (Å²) in [5, 5.41) is 11.6. The lowest BCUT2D eigenvalue weighted by atomic mass is 9.98. The zero-order chi connectivity index (χ0) is 18.8. The van der Waals surface area contributed by atoms with E-state index in [2.05, 4.69) is 4.98 Å². The number of hydrogen-bond acceptors (Lipinski definition) is 3. The van der Waals surface area contributed by atoms with E-state index < -0.39 is 5.97 Å². The summed E-state index contributed by atoms with van der Waals surface area (Å²) in [4.78, 5) is 18.3. The molecule has 0 bridgehead atoms. The molecule has 4 nitrogen and oxygen atoms in total. The van der Waals surface area contributed by atoms with Gasteiger partial charge in [0.25, 0.3) is 0 Å². The Kier molecular flexibility index (Phi) is 5.35. The van der Waals surface area contributed by atoms with Gasteiger partial charge >= 0.3 is 5.97 Å². The highest BCUT2D eigenvalue weighted by Crippen LogP contribution is 2.36. The minimum absolute atomic E-state index is 0.245. The third-order valence-electron chi connectivity index (χ3n) is 4.37. The molecule has 134 valence electrons. The normalized spacial score (nSPS) is 10.9. The number of rotatable bonds is 5. The molecule has 0 amide bonds. The quantitative estimate of drug-likeness (QED) is 0.604. The summed E-state index contributed by atoms with van der Waals surface area (Å²) in [5.41, 5.74) is 3.31. The van der Waals surface area contributed by atoms with E-state index in [0.29, 0.717) is 34.3 Å². The maximum atomic E-state index is 11.8. The molecule has 0 fully saturated rings. The number of carboxylic acids is 1. The van der Waals surface area contributed by atoms with E-state index >= 15 is 0 Å². The smallest absolute Gasteiger partial charge is 0.337 e. The van der Waals surface area contributed by atoms with Gasteiger partial charge in [-0.1, -0.05) is 29.3 Å². The maximum absolute atomic E-state index is 11.8. The monoisotopic (exact) mass is 388 g/mol. The Morgan fingerprint density at radius 2 is 1.73 bits per heavy atom. The van der Waals surface area contributed by atoms with Crippen molar-refractivity contribution in [2.75, 3.05) is 18.0 Å². The van der Waals surface area contributed by atoms with E-state index in [0.717, 1.165) is 16.5 Å². The third kappa shape index (κ3) is 3.35. The number of benzene rings is 2. The van der Waals surface area contributed by atoms with Gasteiger partial charge in [0.1, 0.15) is 0 Å². The van der Waals surface area contributed by atoms with Crippen molar-refractivity contribution < 1.29 is 9.90 Å². The fourth-order valence-corrected chi connectivity index (χ4v) is 3.72. The summed E-state index contributed by atoms with van der Waals surface area (Å²) in [6.07, 6.45) is 1.69. The molecule has 0 saturated carbocycles. The molecule has 1 heterocycles. The lowest BCUT2D eigenvalue weighted by molar-refractivity contribution is 0.0697. The second kappa shape index (κ2) is 7.52. The number of aromatic nitrogens is 1. The van der Waals surface area contributed by atoms with Gasteiger partial charge in [-0.25, -0.2) is 4.79 Å². The number of halogens is 2. The standard InChI is InChI=1S/C20H18Cl2N2O2/c1-3-24(4-2)19-17(20(25)26)6-5-16-15(7-8-23-18(16)19)12-9-13(21)11-14(22)10-12/h5-11H,3-4H2,1-2H3,(H,25,26). The van der Waals surface area contributed by atoms with Crippen LogP contribution in [-0.4, -0.2) is 29.1 Å². The van der Waals surface area contributed by atoms with Crippen molar-refractivity contribution in [3.8, 4) is 11.1 Å². The summed E-state index contributed by atoms with van der Waals surface area (Å²) in [6.45, 7) is 5.36. The highest BCUT2D eigenvalue weighted by Gasteiger charge is 2.20. The minimum atomic E-state index is -0.966. The van der Waals surface area contributed by atoms with Crippen molar-refractivity contribution in [2.45, 2.75) is 13.8 Å². The molecule has 0 radical (unpaired) electrons. The molecule has 3 aromatic rings. The Balaban J connectivity index is 2.35. The number of aromatic carboxylic acids is 1. The largest absolute Gasteiger partial charge is 0.478 e. The van der Waals surface area contributed by atoms with Crippen LogP contribution >= 0.6 is 23.2 Å². The number of fused-ring (bicyclic) bond motifs is 1. The Bertz CT molecular complexity index is 965. The first-order valence-corrected chi connectivity index (χ1v) is 9.08. The van der Waals surface area contributed by atoms with Gasteiger partial charge < -0.3 is 10.0 Å². The number of carbonyl (C=O) groups is 1. The van der Waals surface area contributed by atoms with Crippen molar-refractivity contribution in [2.24, 2.45) is 0 Å². The fraction of sp³-hybridized carbons (Fsp3) is 0.200. The van der Waals surface area contributed by atoms with Gasteiger partial charge in [-0.15, -0.1) is 0 Å². The van der Waals surface area contributed by atoms with Gasteiger partial charge in [-0.05, 0) is 55.3 Å². The second-order valence-corrected chi connectivity index (χ2v) is 6.72. The van der Waals surface area contributed by atoms with Crippen molar-refractivity contribution >= 4 is 45.8 Å². The van der Waals surface area contributed by atoms with E-state index in [1.807, 2.05) is 36.9 Å².